The molecule has 0 aliphatic carbocycles. The molecule has 1 aromatic carbocycles. The molecule has 0 aromatic heterocycles. The van der Waals surface area contributed by atoms with E-state index in [1.54, 1.807) is 0 Å². The molecule has 0 unspecified atom stereocenters. The maximum Gasteiger partial charge on any atom is 0.361 e. The van der Waals surface area contributed by atoms with Crippen LogP contribution in [0.3, 0.4) is 0 Å². The maximum atomic E-state index is 12.5. The Balaban J connectivity index is 3.15. The fourth-order valence-corrected chi connectivity index (χ4v) is 3.41. The second-order valence-corrected chi connectivity index (χ2v) is 5.71. The molecule has 16 heavy (non-hydrogen) atoms. The smallest absolute Gasteiger partial charge is 0.305 e. The zero-order valence-corrected chi connectivity index (χ0v) is 11.2. The number of aryl methyl sites for hydroxylation is 2. The van der Waals surface area contributed by atoms with Gasteiger partial charge < -0.3 is 9.05 Å². The van der Waals surface area contributed by atoms with E-state index < -0.39 is 7.60 Å². The first-order valence-corrected chi connectivity index (χ1v) is 7.04. The van der Waals surface area contributed by atoms with E-state index in [0.29, 0.717) is 18.5 Å². The zero-order chi connectivity index (χ0) is 12.2. The summed E-state index contributed by atoms with van der Waals surface area (Å²) in [6, 6.07) is 5.75. The van der Waals surface area contributed by atoms with Gasteiger partial charge in [-0.3, -0.25) is 4.57 Å². The van der Waals surface area contributed by atoms with E-state index in [1.165, 1.54) is 0 Å². The predicted molar refractivity (Wildman–Crippen MR) is 66.4 cm³/mol. The van der Waals surface area contributed by atoms with E-state index >= 15 is 0 Å². The number of hydrogen-bond donors (Lipinski definition) is 0. The van der Waals surface area contributed by atoms with Crippen LogP contribution in [-0.4, -0.2) is 13.2 Å². The summed E-state index contributed by atoms with van der Waals surface area (Å²) in [6.45, 7) is 8.33. The van der Waals surface area contributed by atoms with Gasteiger partial charge in [0, 0.05) is 0 Å². The van der Waals surface area contributed by atoms with Crippen LogP contribution in [0.4, 0.5) is 0 Å². The van der Waals surface area contributed by atoms with Crippen LogP contribution in [0.1, 0.15) is 25.0 Å². The van der Waals surface area contributed by atoms with Gasteiger partial charge in [0.15, 0.2) is 0 Å². The standard InChI is InChI=1S/C12H19O3P/c1-5-14-16(13,15-6-2)12-8-10(3)7-11(4)9-12/h7-9H,5-6H2,1-4H3. The second kappa shape index (κ2) is 5.62. The van der Waals surface area contributed by atoms with Crippen molar-refractivity contribution in [2.75, 3.05) is 13.2 Å². The first-order chi connectivity index (χ1) is 7.51. The molecule has 0 saturated heterocycles. The lowest BCUT2D eigenvalue weighted by Gasteiger charge is -2.18. The van der Waals surface area contributed by atoms with E-state index in [2.05, 4.69) is 0 Å². The molecule has 0 heterocycles. The Bertz CT molecular complexity index is 371. The summed E-state index contributed by atoms with van der Waals surface area (Å²) in [6.07, 6.45) is 0. The molecule has 0 N–H and O–H groups in total. The van der Waals surface area contributed by atoms with Gasteiger partial charge in [-0.25, -0.2) is 0 Å². The van der Waals surface area contributed by atoms with Crippen molar-refractivity contribution in [2.24, 2.45) is 0 Å². The number of benzene rings is 1. The third kappa shape index (κ3) is 3.18. The minimum atomic E-state index is -3.13. The lowest BCUT2D eigenvalue weighted by atomic mass is 10.2. The third-order valence-corrected chi connectivity index (χ3v) is 4.21. The Morgan fingerprint density at radius 3 is 1.81 bits per heavy atom. The topological polar surface area (TPSA) is 35.5 Å². The van der Waals surface area contributed by atoms with Crippen molar-refractivity contribution < 1.29 is 13.6 Å². The Hall–Kier alpha value is -0.630. The van der Waals surface area contributed by atoms with Crippen molar-refractivity contribution in [3.63, 3.8) is 0 Å². The van der Waals surface area contributed by atoms with Gasteiger partial charge in [-0.2, -0.15) is 0 Å². The van der Waals surface area contributed by atoms with E-state index in [4.69, 9.17) is 9.05 Å². The molecule has 1 rings (SSSR count). The van der Waals surface area contributed by atoms with Crippen LogP contribution in [0.25, 0.3) is 0 Å². The first-order valence-electron chi connectivity index (χ1n) is 5.49. The highest BCUT2D eigenvalue weighted by Crippen LogP contribution is 2.46. The number of rotatable bonds is 5. The van der Waals surface area contributed by atoms with Gasteiger partial charge in [0.05, 0.1) is 18.5 Å². The highest BCUT2D eigenvalue weighted by Gasteiger charge is 2.26. The highest BCUT2D eigenvalue weighted by atomic mass is 31.2. The van der Waals surface area contributed by atoms with Crippen LogP contribution in [0.2, 0.25) is 0 Å². The van der Waals surface area contributed by atoms with Crippen molar-refractivity contribution in [1.29, 1.82) is 0 Å². The third-order valence-electron chi connectivity index (χ3n) is 2.12. The average molecular weight is 242 g/mol. The summed E-state index contributed by atoms with van der Waals surface area (Å²) in [5.74, 6) is 0. The molecule has 0 saturated carbocycles. The van der Waals surface area contributed by atoms with E-state index in [0.717, 1.165) is 11.1 Å². The monoisotopic (exact) mass is 242 g/mol. The lowest BCUT2D eigenvalue weighted by molar-refractivity contribution is 0.230. The van der Waals surface area contributed by atoms with Gasteiger partial charge in [0.1, 0.15) is 0 Å². The summed E-state index contributed by atoms with van der Waals surface area (Å²) in [7, 11) is -3.13. The van der Waals surface area contributed by atoms with Gasteiger partial charge in [0.25, 0.3) is 0 Å². The molecule has 0 amide bonds. The highest BCUT2D eigenvalue weighted by molar-refractivity contribution is 7.62. The van der Waals surface area contributed by atoms with Crippen LogP contribution >= 0.6 is 7.60 Å². The lowest BCUT2D eigenvalue weighted by Crippen LogP contribution is -2.11. The van der Waals surface area contributed by atoms with Crippen LogP contribution < -0.4 is 5.30 Å². The average Bonchev–Trinajstić information content (AvgIpc) is 2.16. The van der Waals surface area contributed by atoms with E-state index in [1.807, 2.05) is 45.9 Å². The molecular formula is C12H19O3P. The van der Waals surface area contributed by atoms with Gasteiger partial charge >= 0.3 is 7.60 Å². The molecule has 0 bridgehead atoms. The van der Waals surface area contributed by atoms with E-state index in [9.17, 15) is 4.57 Å². The number of hydrogen-bond acceptors (Lipinski definition) is 3. The molecule has 3 nitrogen and oxygen atoms in total. The van der Waals surface area contributed by atoms with Gasteiger partial charge in [-0.05, 0) is 51.0 Å². The SMILES string of the molecule is CCOP(=O)(OCC)c1cc(C)cc(C)c1. The summed E-state index contributed by atoms with van der Waals surface area (Å²) in [5, 5.41) is 0.647. The summed E-state index contributed by atoms with van der Waals surface area (Å²) in [4.78, 5) is 0. The molecule has 0 fully saturated rings. The summed E-state index contributed by atoms with van der Waals surface area (Å²) >= 11 is 0. The molecule has 4 heteroatoms. The molecular weight excluding hydrogens is 223 g/mol. The fraction of sp³-hybridized carbons (Fsp3) is 0.500. The van der Waals surface area contributed by atoms with E-state index in [-0.39, 0.29) is 0 Å². The normalized spacial score (nSPS) is 11.8. The summed E-state index contributed by atoms with van der Waals surface area (Å²) in [5.41, 5.74) is 2.13. The Kier molecular flexibility index (Phi) is 4.72. The first kappa shape index (κ1) is 13.4. The Morgan fingerprint density at radius 2 is 1.44 bits per heavy atom. The predicted octanol–water partition coefficient (Wildman–Crippen LogP) is 3.19. The quantitative estimate of drug-likeness (QED) is 0.744. The van der Waals surface area contributed by atoms with Crippen molar-refractivity contribution in [1.82, 2.24) is 0 Å². The maximum absolute atomic E-state index is 12.5. The minimum absolute atomic E-state index is 0.379. The molecule has 90 valence electrons. The van der Waals surface area contributed by atoms with Gasteiger partial charge in [0.2, 0.25) is 0 Å². The van der Waals surface area contributed by atoms with Crippen molar-refractivity contribution in [2.45, 2.75) is 27.7 Å². The molecule has 1 aromatic rings. The van der Waals surface area contributed by atoms with Crippen molar-refractivity contribution >= 4 is 12.9 Å². The van der Waals surface area contributed by atoms with Crippen molar-refractivity contribution in [3.05, 3.63) is 29.3 Å². The second-order valence-electron chi connectivity index (χ2n) is 3.68. The van der Waals surface area contributed by atoms with Crippen LogP contribution in [-0.2, 0) is 13.6 Å². The van der Waals surface area contributed by atoms with Crippen LogP contribution in [0, 0.1) is 13.8 Å². The molecule has 0 aliphatic heterocycles. The molecule has 0 spiro atoms. The molecule has 0 radical (unpaired) electrons. The molecule has 0 aliphatic rings. The van der Waals surface area contributed by atoms with Gasteiger partial charge in [-0.15, -0.1) is 0 Å². The minimum Gasteiger partial charge on any atom is -0.305 e. The largest absolute Gasteiger partial charge is 0.361 e. The van der Waals surface area contributed by atoms with Crippen molar-refractivity contribution in [3.8, 4) is 0 Å². The van der Waals surface area contributed by atoms with Crippen LogP contribution in [0.15, 0.2) is 18.2 Å². The zero-order valence-electron chi connectivity index (χ0n) is 10.3. The molecule has 0 atom stereocenters. The Morgan fingerprint density at radius 1 is 1.00 bits per heavy atom. The van der Waals surface area contributed by atoms with Crippen LogP contribution in [0.5, 0.6) is 0 Å². The Labute approximate surface area is 97.3 Å². The fourth-order valence-electron chi connectivity index (χ4n) is 1.64. The summed E-state index contributed by atoms with van der Waals surface area (Å²) < 4.78 is 23.1. The van der Waals surface area contributed by atoms with Gasteiger partial charge in [-0.1, -0.05) is 6.07 Å².